The number of aryl methyl sites for hydroxylation is 1. The minimum Gasteiger partial charge on any atom is -0.320 e. The molecular weight excluding hydrogens is 328 g/mol. The zero-order valence-corrected chi connectivity index (χ0v) is 14.6. The molecule has 0 N–H and O–H groups in total. The first-order valence-corrected chi connectivity index (χ1v) is 8.31. The van der Waals surface area contributed by atoms with Crippen LogP contribution in [0.3, 0.4) is 0 Å². The number of fused-ring (bicyclic) bond motifs is 1. The van der Waals surface area contributed by atoms with Crippen molar-refractivity contribution in [3.63, 3.8) is 0 Å². The Bertz CT molecular complexity index is 1200. The van der Waals surface area contributed by atoms with Gasteiger partial charge in [0.2, 0.25) is 0 Å². The molecule has 4 aromatic rings. The second-order valence-corrected chi connectivity index (χ2v) is 6.31. The van der Waals surface area contributed by atoms with E-state index in [4.69, 9.17) is 0 Å². The van der Waals surface area contributed by atoms with E-state index in [1.54, 1.807) is 17.9 Å². The van der Waals surface area contributed by atoms with E-state index in [1.165, 1.54) is 11.6 Å². The topological polar surface area (TPSA) is 61.8 Å². The summed E-state index contributed by atoms with van der Waals surface area (Å²) >= 11 is 0. The first-order chi connectivity index (χ1) is 12.6. The van der Waals surface area contributed by atoms with Gasteiger partial charge in [-0.1, -0.05) is 54.6 Å². The van der Waals surface area contributed by atoms with Crippen LogP contribution in [0.4, 0.5) is 0 Å². The fourth-order valence-corrected chi connectivity index (χ4v) is 3.15. The highest BCUT2D eigenvalue weighted by molar-refractivity contribution is 5.70. The van der Waals surface area contributed by atoms with Crippen LogP contribution in [0.2, 0.25) is 0 Å². The van der Waals surface area contributed by atoms with Crippen LogP contribution in [-0.4, -0.2) is 18.7 Å². The average Bonchev–Trinajstić information content (AvgIpc) is 3.10. The minimum atomic E-state index is -0.375. The average molecular weight is 346 g/mol. The molecule has 2 aromatic heterocycles. The quantitative estimate of drug-likeness (QED) is 0.571. The van der Waals surface area contributed by atoms with Gasteiger partial charge < -0.3 is 4.57 Å². The van der Waals surface area contributed by atoms with Gasteiger partial charge in [0.15, 0.2) is 11.2 Å². The third kappa shape index (κ3) is 2.56. The number of rotatable bonds is 3. The van der Waals surface area contributed by atoms with E-state index in [2.05, 4.69) is 29.2 Å². The Labute approximate surface area is 149 Å². The Morgan fingerprint density at radius 3 is 2.19 bits per heavy atom. The lowest BCUT2D eigenvalue weighted by Gasteiger charge is -2.08. The Morgan fingerprint density at radius 1 is 0.846 bits per heavy atom. The van der Waals surface area contributed by atoms with Gasteiger partial charge in [0.1, 0.15) is 0 Å². The van der Waals surface area contributed by atoms with Crippen LogP contribution in [-0.2, 0) is 20.6 Å². The normalized spacial score (nSPS) is 11.2. The molecule has 0 aliphatic carbocycles. The van der Waals surface area contributed by atoms with E-state index in [0.717, 1.165) is 21.3 Å². The molecule has 0 spiro atoms. The standard InChI is InChI=1S/C20H18N4O2/c1-22-18-17(19(25)23(2)20(22)26)24(13-21-18)12-14-8-10-16(11-9-14)15-6-4-3-5-7-15/h3-11,13H,12H2,1-2H3. The van der Waals surface area contributed by atoms with Crippen molar-refractivity contribution in [1.29, 1.82) is 0 Å². The molecule has 6 heteroatoms. The van der Waals surface area contributed by atoms with Crippen LogP contribution in [0.25, 0.3) is 22.3 Å². The van der Waals surface area contributed by atoms with E-state index < -0.39 is 0 Å². The Balaban J connectivity index is 1.72. The third-order valence-electron chi connectivity index (χ3n) is 4.63. The van der Waals surface area contributed by atoms with Crippen LogP contribution < -0.4 is 11.2 Å². The van der Waals surface area contributed by atoms with Gasteiger partial charge in [-0.3, -0.25) is 13.9 Å². The zero-order chi connectivity index (χ0) is 18.3. The van der Waals surface area contributed by atoms with E-state index in [1.807, 2.05) is 30.3 Å². The summed E-state index contributed by atoms with van der Waals surface area (Å²) in [7, 11) is 3.10. The van der Waals surface area contributed by atoms with Gasteiger partial charge in [-0.05, 0) is 16.7 Å². The van der Waals surface area contributed by atoms with Crippen LogP contribution in [0.5, 0.6) is 0 Å². The molecule has 6 nitrogen and oxygen atoms in total. The molecule has 0 fully saturated rings. The first-order valence-electron chi connectivity index (χ1n) is 8.31. The number of benzene rings is 2. The Kier molecular flexibility index (Phi) is 3.80. The number of nitrogens with zero attached hydrogens (tertiary/aromatic N) is 4. The van der Waals surface area contributed by atoms with E-state index >= 15 is 0 Å². The Morgan fingerprint density at radius 2 is 1.50 bits per heavy atom. The number of imidazole rings is 1. The summed E-state index contributed by atoms with van der Waals surface area (Å²) in [5, 5.41) is 0. The molecule has 26 heavy (non-hydrogen) atoms. The molecule has 4 rings (SSSR count). The SMILES string of the molecule is Cn1c(=O)c2c(ncn2Cc2ccc(-c3ccccc3)cc2)n(C)c1=O. The van der Waals surface area contributed by atoms with E-state index in [0.29, 0.717) is 17.7 Å². The molecule has 0 saturated heterocycles. The third-order valence-corrected chi connectivity index (χ3v) is 4.63. The highest BCUT2D eigenvalue weighted by Crippen LogP contribution is 2.20. The van der Waals surface area contributed by atoms with Crippen LogP contribution >= 0.6 is 0 Å². The second-order valence-electron chi connectivity index (χ2n) is 6.31. The maximum absolute atomic E-state index is 12.5. The number of hydrogen-bond acceptors (Lipinski definition) is 3. The molecule has 0 radical (unpaired) electrons. The molecule has 2 heterocycles. The van der Waals surface area contributed by atoms with Gasteiger partial charge in [-0.2, -0.15) is 0 Å². The fraction of sp³-hybridized carbons (Fsp3) is 0.150. The second kappa shape index (κ2) is 6.15. The fourth-order valence-electron chi connectivity index (χ4n) is 3.15. The molecule has 0 aliphatic rings. The molecule has 0 saturated carbocycles. The molecule has 0 atom stereocenters. The monoisotopic (exact) mass is 346 g/mol. The molecule has 2 aromatic carbocycles. The Hall–Kier alpha value is -3.41. The van der Waals surface area contributed by atoms with Crippen molar-refractivity contribution in [3.05, 3.63) is 87.3 Å². The summed E-state index contributed by atoms with van der Waals surface area (Å²) < 4.78 is 4.29. The van der Waals surface area contributed by atoms with Crippen molar-refractivity contribution in [3.8, 4) is 11.1 Å². The van der Waals surface area contributed by atoms with Gasteiger partial charge in [-0.15, -0.1) is 0 Å². The summed E-state index contributed by atoms with van der Waals surface area (Å²) in [5.74, 6) is 0. The molecule has 0 amide bonds. The van der Waals surface area contributed by atoms with E-state index in [-0.39, 0.29) is 11.2 Å². The van der Waals surface area contributed by atoms with Crippen molar-refractivity contribution in [1.82, 2.24) is 18.7 Å². The van der Waals surface area contributed by atoms with E-state index in [9.17, 15) is 9.59 Å². The summed E-state index contributed by atoms with van der Waals surface area (Å²) in [6.07, 6.45) is 1.61. The maximum Gasteiger partial charge on any atom is 0.332 e. The highest BCUT2D eigenvalue weighted by atomic mass is 16.2. The maximum atomic E-state index is 12.5. The smallest absolute Gasteiger partial charge is 0.320 e. The molecular formula is C20H18N4O2. The highest BCUT2D eigenvalue weighted by Gasteiger charge is 2.14. The lowest BCUT2D eigenvalue weighted by atomic mass is 10.0. The molecule has 0 aliphatic heterocycles. The summed E-state index contributed by atoms with van der Waals surface area (Å²) in [6.45, 7) is 0.513. The predicted molar refractivity (Wildman–Crippen MR) is 101 cm³/mol. The van der Waals surface area contributed by atoms with Gasteiger partial charge in [0.25, 0.3) is 5.56 Å². The molecule has 0 bridgehead atoms. The van der Waals surface area contributed by atoms with Crippen LogP contribution in [0.1, 0.15) is 5.56 Å². The van der Waals surface area contributed by atoms with Gasteiger partial charge in [0, 0.05) is 20.6 Å². The predicted octanol–water partition coefficient (Wildman–Crippen LogP) is 2.15. The van der Waals surface area contributed by atoms with Crippen molar-refractivity contribution in [2.24, 2.45) is 14.1 Å². The van der Waals surface area contributed by atoms with Gasteiger partial charge in [0.05, 0.1) is 6.33 Å². The molecule has 0 unspecified atom stereocenters. The van der Waals surface area contributed by atoms with Crippen molar-refractivity contribution in [2.75, 3.05) is 0 Å². The van der Waals surface area contributed by atoms with Gasteiger partial charge in [-0.25, -0.2) is 9.78 Å². The summed E-state index contributed by atoms with van der Waals surface area (Å²) in [4.78, 5) is 28.8. The number of aromatic nitrogens is 4. The minimum absolute atomic E-state index is 0.332. The first kappa shape index (κ1) is 16.1. The van der Waals surface area contributed by atoms with Crippen LogP contribution in [0.15, 0.2) is 70.5 Å². The van der Waals surface area contributed by atoms with Crippen molar-refractivity contribution in [2.45, 2.75) is 6.54 Å². The largest absolute Gasteiger partial charge is 0.332 e. The molecule has 130 valence electrons. The van der Waals surface area contributed by atoms with Crippen molar-refractivity contribution < 1.29 is 0 Å². The van der Waals surface area contributed by atoms with Crippen molar-refractivity contribution >= 4 is 11.2 Å². The van der Waals surface area contributed by atoms with Gasteiger partial charge >= 0.3 is 5.69 Å². The lowest BCUT2D eigenvalue weighted by molar-refractivity contribution is 0.702. The summed E-state index contributed by atoms with van der Waals surface area (Å²) in [5.41, 5.74) is 3.49. The van der Waals surface area contributed by atoms with Crippen LogP contribution in [0, 0.1) is 0 Å². The zero-order valence-electron chi connectivity index (χ0n) is 14.6. The number of hydrogen-bond donors (Lipinski definition) is 0. The summed E-state index contributed by atoms with van der Waals surface area (Å²) in [6, 6.07) is 18.4. The lowest BCUT2D eigenvalue weighted by Crippen LogP contribution is -2.37.